The second-order valence-corrected chi connectivity index (χ2v) is 10.7. The molecule has 0 spiro atoms. The van der Waals surface area contributed by atoms with E-state index in [9.17, 15) is 0 Å². The summed E-state index contributed by atoms with van der Waals surface area (Å²) in [5, 5.41) is 0.549. The van der Waals surface area contributed by atoms with Crippen LogP contribution in [0.5, 0.6) is 0 Å². The van der Waals surface area contributed by atoms with Gasteiger partial charge in [-0.1, -0.05) is 85.3 Å². The number of rotatable bonds is 4. The molecule has 0 saturated carbocycles. The minimum Gasteiger partial charge on any atom is -0.133 e. The van der Waals surface area contributed by atoms with Gasteiger partial charge in [-0.15, -0.1) is 17.6 Å². The van der Waals surface area contributed by atoms with Crippen molar-refractivity contribution in [1.29, 1.82) is 0 Å². The van der Waals surface area contributed by atoms with Crippen LogP contribution in [0.1, 0.15) is 76.2 Å². The highest BCUT2D eigenvalue weighted by Crippen LogP contribution is 2.38. The average Bonchev–Trinajstić information content (AvgIpc) is 2.54. The van der Waals surface area contributed by atoms with Gasteiger partial charge >= 0.3 is 0 Å². The molecule has 0 radical (unpaired) electrons. The fourth-order valence-electron chi connectivity index (χ4n) is 2.08. The van der Waals surface area contributed by atoms with E-state index in [2.05, 4.69) is 128 Å². The van der Waals surface area contributed by atoms with Gasteiger partial charge in [0.25, 0.3) is 0 Å². The third-order valence-electron chi connectivity index (χ3n) is 6.36. The Morgan fingerprint density at radius 3 is 1.21 bits per heavy atom. The van der Waals surface area contributed by atoms with Crippen molar-refractivity contribution in [3.05, 3.63) is 27.9 Å². The molecular formula is C26H51B3. The van der Waals surface area contributed by atoms with Crippen molar-refractivity contribution in [3.63, 3.8) is 0 Å². The molecular weight excluding hydrogens is 345 g/mol. The maximum atomic E-state index is 3.28. The molecule has 0 atom stereocenters. The van der Waals surface area contributed by atoms with Crippen molar-refractivity contribution in [2.75, 3.05) is 0 Å². The van der Waals surface area contributed by atoms with E-state index in [1.807, 2.05) is 6.92 Å². The van der Waals surface area contributed by atoms with Crippen molar-refractivity contribution in [2.45, 2.75) is 128 Å². The number of hydrogen-bond donors (Lipinski definition) is 0. The van der Waals surface area contributed by atoms with Crippen LogP contribution >= 0.6 is 0 Å². The molecule has 0 amide bonds. The molecule has 0 nitrogen and oxygen atoms in total. The summed E-state index contributed by atoms with van der Waals surface area (Å²) < 4.78 is 0. The van der Waals surface area contributed by atoms with Crippen molar-refractivity contribution < 1.29 is 0 Å². The highest BCUT2D eigenvalue weighted by Gasteiger charge is 2.26. The summed E-state index contributed by atoms with van der Waals surface area (Å²) in [7, 11) is 0. The lowest BCUT2D eigenvalue weighted by atomic mass is 9.35. The summed E-state index contributed by atoms with van der Waals surface area (Å²) >= 11 is 0. The lowest BCUT2D eigenvalue weighted by Crippen LogP contribution is -2.22. The van der Waals surface area contributed by atoms with Crippen LogP contribution in [0, 0.1) is 11.8 Å². The molecule has 29 heavy (non-hydrogen) atoms. The van der Waals surface area contributed by atoms with Gasteiger partial charge in [0.15, 0.2) is 13.4 Å². The Morgan fingerprint density at radius 1 is 0.690 bits per heavy atom. The van der Waals surface area contributed by atoms with Crippen molar-refractivity contribution in [3.8, 4) is 11.8 Å². The van der Waals surface area contributed by atoms with Gasteiger partial charge < -0.3 is 0 Å². The molecule has 0 heterocycles. The molecule has 0 unspecified atom stereocenters. The first-order valence-corrected chi connectivity index (χ1v) is 11.3. The Kier molecular flexibility index (Phi) is 16.8. The quantitative estimate of drug-likeness (QED) is 0.192. The first-order chi connectivity index (χ1) is 12.8. The molecule has 0 aromatic carbocycles. The van der Waals surface area contributed by atoms with E-state index < -0.39 is 0 Å². The summed E-state index contributed by atoms with van der Waals surface area (Å²) in [6.45, 7) is 39.1. The van der Waals surface area contributed by atoms with E-state index in [1.54, 1.807) is 0 Å². The van der Waals surface area contributed by atoms with Crippen molar-refractivity contribution >= 4 is 20.1 Å². The van der Waals surface area contributed by atoms with E-state index in [0.717, 1.165) is 6.71 Å². The first kappa shape index (κ1) is 32.7. The van der Waals surface area contributed by atoms with Gasteiger partial charge in [0.05, 0.1) is 0 Å². The first-order valence-electron chi connectivity index (χ1n) is 11.3. The second kappa shape index (κ2) is 14.9. The molecule has 0 fully saturated rings. The summed E-state index contributed by atoms with van der Waals surface area (Å²) in [6.07, 6.45) is 0. The summed E-state index contributed by atoms with van der Waals surface area (Å²) in [5.74, 6) is 6.11. The Morgan fingerprint density at radius 2 is 1.10 bits per heavy atom. The second-order valence-electron chi connectivity index (χ2n) is 10.7. The molecule has 3 heteroatoms. The molecule has 164 valence electrons. The smallest absolute Gasteiger partial charge is 0.133 e. The molecule has 0 aliphatic heterocycles. The fraction of sp³-hybridized carbons (Fsp3) is 0.731. The van der Waals surface area contributed by atoms with Crippen LogP contribution in [0.2, 0.25) is 51.6 Å². The van der Waals surface area contributed by atoms with Gasteiger partial charge in [-0.25, -0.2) is 0 Å². The zero-order valence-corrected chi connectivity index (χ0v) is 23.2. The predicted octanol–water partition coefficient (Wildman–Crippen LogP) is 9.21. The third kappa shape index (κ3) is 15.5. The lowest BCUT2D eigenvalue weighted by molar-refractivity contribution is 0.760. The molecule has 0 aliphatic rings. The normalized spacial score (nSPS) is 9.83. The maximum absolute atomic E-state index is 3.28. The topological polar surface area (TPSA) is 0 Å². The largest absolute Gasteiger partial charge is 0.174 e. The summed E-state index contributed by atoms with van der Waals surface area (Å²) in [4.78, 5) is 0. The van der Waals surface area contributed by atoms with Crippen molar-refractivity contribution in [1.82, 2.24) is 0 Å². The molecule has 0 rings (SSSR count). The van der Waals surface area contributed by atoms with Crippen LogP contribution in [0.3, 0.4) is 0 Å². The predicted molar refractivity (Wildman–Crippen MR) is 146 cm³/mol. The maximum Gasteiger partial charge on any atom is 0.174 e. The number of hydrogen-bond acceptors (Lipinski definition) is 0. The molecule has 0 saturated heterocycles. The third-order valence-corrected chi connectivity index (χ3v) is 6.36. The highest BCUT2D eigenvalue weighted by molar-refractivity contribution is 6.63. The fourth-order valence-corrected chi connectivity index (χ4v) is 2.08. The van der Waals surface area contributed by atoms with Crippen LogP contribution < -0.4 is 0 Å². The van der Waals surface area contributed by atoms with E-state index in [0.29, 0.717) is 18.7 Å². The van der Waals surface area contributed by atoms with Gasteiger partial charge in [0.1, 0.15) is 6.71 Å². The van der Waals surface area contributed by atoms with E-state index in [-0.39, 0.29) is 5.31 Å². The van der Waals surface area contributed by atoms with Gasteiger partial charge in [0, 0.05) is 5.31 Å². The Hall–Kier alpha value is -0.985. The Bertz CT molecular complexity index is 619. The summed E-state index contributed by atoms with van der Waals surface area (Å²) in [6, 6.07) is 0. The Balaban J connectivity index is -0.000000352. The van der Waals surface area contributed by atoms with E-state index in [4.69, 9.17) is 0 Å². The van der Waals surface area contributed by atoms with Crippen LogP contribution in [0.4, 0.5) is 0 Å². The molecule has 0 N–H and O–H groups in total. The van der Waals surface area contributed by atoms with Crippen LogP contribution in [0.15, 0.2) is 27.9 Å². The highest BCUT2D eigenvalue weighted by atomic mass is 14.2. The average molecular weight is 396 g/mol. The van der Waals surface area contributed by atoms with E-state index in [1.165, 1.54) is 22.2 Å². The molecule has 0 aromatic heterocycles. The van der Waals surface area contributed by atoms with Crippen LogP contribution in [0.25, 0.3) is 0 Å². The summed E-state index contributed by atoms with van der Waals surface area (Å²) in [5.41, 5.74) is 8.88. The van der Waals surface area contributed by atoms with Crippen molar-refractivity contribution in [2.24, 2.45) is 0 Å². The monoisotopic (exact) mass is 396 g/mol. The number of allylic oxidation sites excluding steroid dienone is 3. The minimum absolute atomic E-state index is 0.189. The van der Waals surface area contributed by atoms with Gasteiger partial charge in [-0.05, 0) is 59.4 Å². The van der Waals surface area contributed by atoms with Crippen LogP contribution in [-0.4, -0.2) is 20.1 Å². The van der Waals surface area contributed by atoms with Gasteiger partial charge in [-0.3, -0.25) is 0 Å². The standard InChI is InChI=1S/C10H21B.2C8H15B/c1-8(2)9(3)10(4,5)11(6)7;1-7(2)6-8(3)9(4)5;1-6-7-8(2,3)9(4)5/h1-7H3;2*1-5H3. The van der Waals surface area contributed by atoms with Gasteiger partial charge in [0.2, 0.25) is 0 Å². The van der Waals surface area contributed by atoms with Gasteiger partial charge in [-0.2, -0.15) is 0 Å². The molecule has 0 aliphatic carbocycles. The van der Waals surface area contributed by atoms with Crippen LogP contribution in [-0.2, 0) is 0 Å². The SMILES string of the molecule is CB(C)C(C)(C)C(C)=C(C)C.CB(C)C(C)=C=C(C)C.CC#CC(C)(C)B(C)C. The Labute approximate surface area is 187 Å². The lowest BCUT2D eigenvalue weighted by Gasteiger charge is -2.30. The molecule has 0 aromatic rings. The zero-order chi connectivity index (χ0) is 24.2. The molecule has 0 bridgehead atoms. The minimum atomic E-state index is 0.189. The van der Waals surface area contributed by atoms with E-state index >= 15 is 0 Å². The zero-order valence-electron chi connectivity index (χ0n) is 23.2.